The first kappa shape index (κ1) is 65.1. The van der Waals surface area contributed by atoms with Crippen LogP contribution in [-0.4, -0.2) is 127 Å². The van der Waals surface area contributed by atoms with Gasteiger partial charge in [0.1, 0.15) is 45.8 Å². The van der Waals surface area contributed by atoms with Crippen molar-refractivity contribution < 1.29 is 52.4 Å². The lowest BCUT2D eigenvalue weighted by atomic mass is 10.2. The fourth-order valence-electron chi connectivity index (χ4n) is 9.27. The highest BCUT2D eigenvalue weighted by Gasteiger charge is 2.25. The number of nitrogens with one attached hydrogen (secondary N) is 9. The van der Waals surface area contributed by atoms with Gasteiger partial charge in [-0.1, -0.05) is 28.9 Å². The van der Waals surface area contributed by atoms with Crippen LogP contribution in [0.3, 0.4) is 0 Å². The van der Waals surface area contributed by atoms with Crippen LogP contribution in [-0.2, 0) is 59.0 Å². The number of carbonyl (C=O) groups excluding carboxylic acids is 9. The summed E-state index contributed by atoms with van der Waals surface area (Å²) < 4.78 is 23.4. The molecule has 9 amide bonds. The fraction of sp³-hybridized carbons (Fsp3) is 0.220. The highest BCUT2D eigenvalue weighted by molar-refractivity contribution is 7.12. The van der Waals surface area contributed by atoms with Crippen LogP contribution < -0.4 is 53.6 Å². The molecular formula is C59H62ClFN20O10S. The summed E-state index contributed by atoms with van der Waals surface area (Å²) >= 11 is 7.27. The number of nitrogens with two attached hydrogens (primary N) is 1. The first-order valence-corrected chi connectivity index (χ1v) is 29.2. The first-order chi connectivity index (χ1) is 43.9. The van der Waals surface area contributed by atoms with Crippen molar-refractivity contribution in [3.8, 4) is 0 Å². The Labute approximate surface area is 531 Å². The molecule has 9 aromatic rings. The lowest BCUT2D eigenvalue weighted by Gasteiger charge is -2.12. The van der Waals surface area contributed by atoms with E-state index in [9.17, 15) is 47.5 Å². The smallest absolute Gasteiger partial charge is 0.291 e. The van der Waals surface area contributed by atoms with E-state index in [1.165, 1.54) is 118 Å². The number of hydrogen-bond donors (Lipinski definition) is 10. The minimum absolute atomic E-state index is 0.0000391. The molecule has 92 heavy (non-hydrogen) atoms. The number of nitrogens with zero attached hydrogens (tertiary/aromatic N) is 10. The number of imidazole rings is 2. The Balaban J connectivity index is 0.691. The van der Waals surface area contributed by atoms with Crippen molar-refractivity contribution in [2.24, 2.45) is 60.2 Å². The van der Waals surface area contributed by atoms with Crippen molar-refractivity contribution in [2.75, 3.05) is 56.9 Å². The van der Waals surface area contributed by atoms with Crippen LogP contribution >= 0.6 is 22.9 Å². The summed E-state index contributed by atoms with van der Waals surface area (Å²) in [4.78, 5) is 133. The monoisotopic (exact) mass is 1300 g/mol. The molecular weight excluding hydrogens is 1240 g/mol. The third-order valence-corrected chi connectivity index (χ3v) is 15.2. The maximum absolute atomic E-state index is 13.5. The van der Waals surface area contributed by atoms with E-state index in [4.69, 9.17) is 22.2 Å². The molecule has 0 saturated carbocycles. The molecule has 0 spiro atoms. The van der Waals surface area contributed by atoms with Gasteiger partial charge in [-0.15, -0.1) is 11.3 Å². The number of benzene rings is 1. The van der Waals surface area contributed by atoms with Crippen LogP contribution in [0.15, 0.2) is 115 Å². The van der Waals surface area contributed by atoms with Gasteiger partial charge < -0.3 is 90.4 Å². The Hall–Kier alpha value is -11.4. The summed E-state index contributed by atoms with van der Waals surface area (Å²) in [6.45, 7) is 0.468. The molecule has 0 radical (unpaired) electrons. The number of aryl methyl sites for hydroxylation is 7. The van der Waals surface area contributed by atoms with Crippen LogP contribution in [0.2, 0.25) is 5.02 Å². The molecule has 0 aliphatic carbocycles. The van der Waals surface area contributed by atoms with Gasteiger partial charge in [0.15, 0.2) is 11.6 Å². The van der Waals surface area contributed by atoms with E-state index >= 15 is 0 Å². The van der Waals surface area contributed by atoms with Gasteiger partial charge in [0.2, 0.25) is 17.6 Å². The van der Waals surface area contributed by atoms with E-state index in [-0.39, 0.29) is 101 Å². The van der Waals surface area contributed by atoms with Gasteiger partial charge >= 0.3 is 0 Å². The summed E-state index contributed by atoms with van der Waals surface area (Å²) in [5.74, 6) is -5.34. The molecule has 30 nitrogen and oxygen atoms in total. The van der Waals surface area contributed by atoms with Gasteiger partial charge in [-0.25, -0.2) is 14.4 Å². The molecule has 33 heteroatoms. The molecule has 8 aromatic heterocycles. The number of amides is 9. The molecule has 9 rings (SSSR count). The molecule has 8 heterocycles. The second-order valence-corrected chi connectivity index (χ2v) is 22.3. The van der Waals surface area contributed by atoms with Gasteiger partial charge in [-0.3, -0.25) is 43.2 Å². The number of rotatable bonds is 25. The van der Waals surface area contributed by atoms with Crippen LogP contribution in [0.5, 0.6) is 0 Å². The van der Waals surface area contributed by atoms with E-state index in [1.807, 2.05) is 0 Å². The molecule has 0 fully saturated rings. The van der Waals surface area contributed by atoms with Crippen molar-refractivity contribution in [3.05, 3.63) is 171 Å². The largest absolute Gasteiger partial charge is 0.396 e. The van der Waals surface area contributed by atoms with E-state index in [1.54, 1.807) is 89.9 Å². The van der Waals surface area contributed by atoms with Crippen molar-refractivity contribution in [1.82, 2.24) is 52.6 Å². The number of anilines is 7. The van der Waals surface area contributed by atoms with Gasteiger partial charge in [-0.05, 0) is 65.9 Å². The zero-order chi connectivity index (χ0) is 66.1. The summed E-state index contributed by atoms with van der Waals surface area (Å²) in [6, 6.07) is 13.6. The Morgan fingerprint density at radius 2 is 0.946 bits per heavy atom. The van der Waals surface area contributed by atoms with Gasteiger partial charge in [0.25, 0.3) is 47.3 Å². The van der Waals surface area contributed by atoms with Gasteiger partial charge in [0, 0.05) is 112 Å². The quantitative estimate of drug-likeness (QED) is 0.0193. The van der Waals surface area contributed by atoms with Crippen LogP contribution in [0, 0.1) is 5.82 Å². The van der Waals surface area contributed by atoms with E-state index in [0.29, 0.717) is 38.9 Å². The maximum Gasteiger partial charge on any atom is 0.291 e. The second-order valence-electron chi connectivity index (χ2n) is 20.9. The molecule has 1 aromatic carbocycles. The predicted molar refractivity (Wildman–Crippen MR) is 341 cm³/mol. The van der Waals surface area contributed by atoms with Crippen molar-refractivity contribution >= 4 is 122 Å². The number of oxime groups is 1. The number of carbonyl (C=O) groups is 9. The standard InChI is InChI=1S/C59H62ClFN20O10S/c1-75-26-35(19-41(75)52(83)63-15-8-17-91-65-24-32-9-11-33(61)12-10-32)67-54(85)43-23-38(29-77(43)3)70-59(90)50-72-47(31-81(50)7)74-55(86)44-20-34(25-78(44)4)66-51(82)40(62)13-16-64-58(89)49-71-46(30-80(49)6)73-56(87)45-21-36(27-79(45)5)68-53(84)42-22-37(28-76(42)2)69-57(88)48-39(60)14-18-92-48/h9-12,14,18-31,40H,8,13,15-17,62H2,1-7H3,(H,63,83)(H,64,89)(H,66,82)(H,67,85)(H,68,84)(H,69,88)(H,70,90)(H,73,87)(H,74,86)/b65-24-/t40-/m1/s1. The molecule has 0 aliphatic rings. The average Bonchev–Trinajstić information content (AvgIpc) is 1.73. The number of halogens is 2. The number of thiophene rings is 1. The van der Waals surface area contributed by atoms with Crippen molar-refractivity contribution in [1.29, 1.82) is 0 Å². The highest BCUT2D eigenvalue weighted by atomic mass is 35.5. The Bertz CT molecular complexity index is 4350. The summed E-state index contributed by atoms with van der Waals surface area (Å²) in [6.07, 6.45) is 12.5. The Kier molecular flexibility index (Phi) is 20.1. The van der Waals surface area contributed by atoms with Crippen LogP contribution in [0.25, 0.3) is 0 Å². The maximum atomic E-state index is 13.5. The molecule has 0 unspecified atom stereocenters. The lowest BCUT2D eigenvalue weighted by Crippen LogP contribution is -2.39. The molecule has 478 valence electrons. The lowest BCUT2D eigenvalue weighted by molar-refractivity contribution is -0.117. The van der Waals surface area contributed by atoms with Gasteiger partial charge in [-0.2, -0.15) is 0 Å². The van der Waals surface area contributed by atoms with E-state index in [0.717, 1.165) is 0 Å². The zero-order valence-electron chi connectivity index (χ0n) is 50.4. The van der Waals surface area contributed by atoms with Gasteiger partial charge in [0.05, 0.1) is 45.7 Å². The Morgan fingerprint density at radius 3 is 1.41 bits per heavy atom. The predicted octanol–water partition coefficient (Wildman–Crippen LogP) is 5.47. The zero-order valence-corrected chi connectivity index (χ0v) is 52.0. The second kappa shape index (κ2) is 28.4. The van der Waals surface area contributed by atoms with Crippen LogP contribution in [0.4, 0.5) is 44.5 Å². The average molecular weight is 1300 g/mol. The highest BCUT2D eigenvalue weighted by Crippen LogP contribution is 2.26. The molecule has 1 atom stereocenters. The van der Waals surface area contributed by atoms with E-state index < -0.39 is 53.3 Å². The van der Waals surface area contributed by atoms with Crippen LogP contribution in [0.1, 0.15) is 102 Å². The normalized spacial score (nSPS) is 11.5. The molecule has 0 saturated heterocycles. The first-order valence-electron chi connectivity index (χ1n) is 27.9. The van der Waals surface area contributed by atoms with Crippen molar-refractivity contribution in [3.63, 3.8) is 0 Å². The fourth-order valence-corrected chi connectivity index (χ4v) is 10.3. The SMILES string of the molecule is Cn1cc(NC(=O)c2cc(NC(=O)c3nc(NC(=O)c4cc(NC(=O)[C@H](N)CCNC(=O)c5nc(NC(=O)c6cc(NC(=O)c7cc(NC(=O)c8sccc8Cl)cn7C)cn6C)cn5C)cn4C)cn3C)cn2C)cc1C(=O)NCCCO/N=C\c1ccc(F)cc1. The molecule has 11 N–H and O–H groups in total. The molecule has 0 aliphatic heterocycles. The topological polar surface area (TPSA) is 370 Å². The summed E-state index contributed by atoms with van der Waals surface area (Å²) in [5, 5.41) is 30.3. The van der Waals surface area contributed by atoms with E-state index in [2.05, 4.69) is 63.0 Å². The Morgan fingerprint density at radius 1 is 0.533 bits per heavy atom. The van der Waals surface area contributed by atoms with Crippen molar-refractivity contribution in [2.45, 2.75) is 18.9 Å². The number of aromatic nitrogens is 9. The summed E-state index contributed by atoms with van der Waals surface area (Å²) in [7, 11) is 11.2. The minimum atomic E-state index is -1.10. The minimum Gasteiger partial charge on any atom is -0.396 e. The third-order valence-electron chi connectivity index (χ3n) is 13.9. The third kappa shape index (κ3) is 15.9. The molecule has 0 bridgehead atoms. The summed E-state index contributed by atoms with van der Waals surface area (Å²) in [5.41, 5.74) is 9.35. The number of hydrogen-bond acceptors (Lipinski definition) is 15.